The minimum Gasteiger partial charge on any atom is -0.502 e. The van der Waals surface area contributed by atoms with E-state index in [0.717, 1.165) is 10.5 Å². The molecule has 0 radical (unpaired) electrons. The number of anilines is 2. The van der Waals surface area contributed by atoms with Crippen LogP contribution in [0.15, 0.2) is 109 Å². The Bertz CT molecular complexity index is 2290. The van der Waals surface area contributed by atoms with E-state index in [1.807, 2.05) is 42.5 Å². The third-order valence-electron chi connectivity index (χ3n) is 11.6. The number of allylic oxidation sites excluding steroid dienone is 3. The number of imide groups is 2. The van der Waals surface area contributed by atoms with Gasteiger partial charge in [0.25, 0.3) is 0 Å². The number of rotatable bonds is 8. The summed E-state index contributed by atoms with van der Waals surface area (Å²) in [7, 11) is 1.04. The average Bonchev–Trinajstić information content (AvgIpc) is 3.58. The summed E-state index contributed by atoms with van der Waals surface area (Å²) in [6.07, 6.45) is 5.91. The number of amides is 4. The number of fused-ring (bicyclic) bond motifs is 4. The molecule has 0 aromatic heterocycles. The number of benzene rings is 4. The minimum absolute atomic E-state index is 0.108. The number of methoxy groups -OCH3 is 2. The number of phenols is 1. The maximum atomic E-state index is 15.4. The predicted molar refractivity (Wildman–Crippen MR) is 206 cm³/mol. The van der Waals surface area contributed by atoms with Gasteiger partial charge in [0.15, 0.2) is 11.5 Å². The summed E-state index contributed by atoms with van der Waals surface area (Å²) in [5, 5.41) is 30.7. The third kappa shape index (κ3) is 5.58. The van der Waals surface area contributed by atoms with E-state index in [1.165, 1.54) is 31.3 Å². The Balaban J connectivity index is 1.32. The van der Waals surface area contributed by atoms with Gasteiger partial charge in [-0.05, 0) is 77.8 Å². The molecule has 2 heterocycles. The maximum absolute atomic E-state index is 15.4. The SMILES string of the molecule is COc1cc(C=C[C@H]2C3=CC[C@@H]4C(=O)N(c5cccc(B(O)O)c5)C(=O)[C@@H]4[C@@H]3C[C@H]3C(=O)N(c4cccc(Cl)c4)C(=O)[C@@]23c2ccccc2)cc(OC)c1O. The molecule has 8 rings (SSSR count). The molecule has 4 aromatic carbocycles. The Labute approximate surface area is 322 Å². The van der Waals surface area contributed by atoms with Crippen LogP contribution >= 0.6 is 11.6 Å². The van der Waals surface area contributed by atoms with Crippen LogP contribution in [0, 0.1) is 29.6 Å². The fourth-order valence-corrected chi connectivity index (χ4v) is 9.47. The zero-order valence-electron chi connectivity index (χ0n) is 29.8. The molecule has 3 fully saturated rings. The first-order valence-corrected chi connectivity index (χ1v) is 18.3. The van der Waals surface area contributed by atoms with Crippen LogP contribution in [0.5, 0.6) is 17.2 Å². The Morgan fingerprint density at radius 2 is 1.47 bits per heavy atom. The molecule has 2 saturated heterocycles. The summed E-state index contributed by atoms with van der Waals surface area (Å²) in [5.74, 6) is -5.53. The van der Waals surface area contributed by atoms with Gasteiger partial charge in [0.1, 0.15) is 0 Å². The van der Waals surface area contributed by atoms with Crippen LogP contribution in [0.1, 0.15) is 24.0 Å². The van der Waals surface area contributed by atoms with Crippen LogP contribution in [0.4, 0.5) is 11.4 Å². The van der Waals surface area contributed by atoms with E-state index in [2.05, 4.69) is 0 Å². The highest BCUT2D eigenvalue weighted by molar-refractivity contribution is 6.58. The number of hydrogen-bond donors (Lipinski definition) is 3. The fraction of sp³-hybridized carbons (Fsp3) is 0.238. The molecule has 3 N–H and O–H groups in total. The molecule has 278 valence electrons. The zero-order valence-corrected chi connectivity index (χ0v) is 30.6. The van der Waals surface area contributed by atoms with Gasteiger partial charge in [-0.3, -0.25) is 24.1 Å². The Morgan fingerprint density at radius 3 is 2.13 bits per heavy atom. The third-order valence-corrected chi connectivity index (χ3v) is 11.9. The molecular formula is C42H36BClN2O9. The van der Waals surface area contributed by atoms with Crippen molar-refractivity contribution in [2.24, 2.45) is 29.6 Å². The van der Waals surface area contributed by atoms with E-state index in [4.69, 9.17) is 21.1 Å². The first-order chi connectivity index (χ1) is 26.5. The van der Waals surface area contributed by atoms with Gasteiger partial charge in [-0.1, -0.05) is 83.9 Å². The summed E-state index contributed by atoms with van der Waals surface area (Å²) in [6.45, 7) is 0. The number of hydrogen-bond acceptors (Lipinski definition) is 9. The molecule has 4 amide bonds. The number of phenolic OH excluding ortho intramolecular Hbond substituents is 1. The van der Waals surface area contributed by atoms with E-state index in [0.29, 0.717) is 21.8 Å². The molecular weight excluding hydrogens is 723 g/mol. The van der Waals surface area contributed by atoms with Crippen molar-refractivity contribution >= 4 is 65.3 Å². The molecule has 0 spiro atoms. The number of carbonyl (C=O) groups is 4. The van der Waals surface area contributed by atoms with Crippen molar-refractivity contribution in [2.45, 2.75) is 18.3 Å². The summed E-state index contributed by atoms with van der Waals surface area (Å²) < 4.78 is 10.8. The van der Waals surface area contributed by atoms with Crippen molar-refractivity contribution in [3.05, 3.63) is 125 Å². The average molecular weight is 759 g/mol. The lowest BCUT2D eigenvalue weighted by atomic mass is 9.50. The Morgan fingerprint density at radius 1 is 0.800 bits per heavy atom. The molecule has 0 bridgehead atoms. The second-order valence-corrected chi connectivity index (χ2v) is 14.7. The lowest BCUT2D eigenvalue weighted by Gasteiger charge is -2.49. The van der Waals surface area contributed by atoms with Crippen molar-refractivity contribution in [1.82, 2.24) is 0 Å². The summed E-state index contributed by atoms with van der Waals surface area (Å²) >= 11 is 6.40. The van der Waals surface area contributed by atoms with Gasteiger partial charge >= 0.3 is 7.12 Å². The number of aromatic hydroxyl groups is 1. The van der Waals surface area contributed by atoms with Gasteiger partial charge in [-0.15, -0.1) is 0 Å². The van der Waals surface area contributed by atoms with E-state index in [1.54, 1.807) is 54.6 Å². The standard InChI is InChI=1S/C42H36BClN2O9/c1-54-34-18-23(19-35(55-2)37(34)47)14-17-32-29-15-16-30-36(40(50)45(38(30)48)27-12-6-10-25(20-27)43(52)53)31(29)22-33-39(49)46(28-13-7-11-26(44)21-28)41(51)42(32,33)24-8-4-3-5-9-24/h3-15,17-21,30-33,36,47,52-53H,16,22H2,1-2H3/t30-,31+,32-,33-,36-,42-/m0/s1. The van der Waals surface area contributed by atoms with E-state index >= 15 is 4.79 Å². The van der Waals surface area contributed by atoms with Crippen molar-refractivity contribution < 1.29 is 43.8 Å². The smallest absolute Gasteiger partial charge is 0.488 e. The van der Waals surface area contributed by atoms with Gasteiger partial charge in [0, 0.05) is 10.9 Å². The molecule has 0 unspecified atom stereocenters. The van der Waals surface area contributed by atoms with Gasteiger partial charge in [-0.25, -0.2) is 4.90 Å². The van der Waals surface area contributed by atoms with Crippen molar-refractivity contribution in [1.29, 1.82) is 0 Å². The van der Waals surface area contributed by atoms with Gasteiger partial charge in [0.05, 0.1) is 48.8 Å². The first-order valence-electron chi connectivity index (χ1n) is 17.9. The molecule has 4 aromatic rings. The van der Waals surface area contributed by atoms with Crippen LogP contribution in [0.3, 0.4) is 0 Å². The lowest BCUT2D eigenvalue weighted by Crippen LogP contribution is -2.54. The second kappa shape index (κ2) is 13.9. The first kappa shape index (κ1) is 36.3. The van der Waals surface area contributed by atoms with E-state index in [9.17, 15) is 29.5 Å². The predicted octanol–water partition coefficient (Wildman–Crippen LogP) is 4.66. The number of ether oxygens (including phenoxy) is 2. The molecule has 13 heteroatoms. The number of nitrogens with zero attached hydrogens (tertiary/aromatic N) is 2. The lowest BCUT2D eigenvalue weighted by molar-refractivity contribution is -0.128. The Hall–Kier alpha value is -5.69. The van der Waals surface area contributed by atoms with Gasteiger partial charge in [0.2, 0.25) is 29.4 Å². The molecule has 4 aliphatic rings. The molecule has 1 saturated carbocycles. The van der Waals surface area contributed by atoms with Crippen LogP contribution < -0.4 is 24.7 Å². The van der Waals surface area contributed by atoms with Gasteiger partial charge in [-0.2, -0.15) is 0 Å². The van der Waals surface area contributed by atoms with Crippen molar-refractivity contribution in [3.8, 4) is 17.2 Å². The maximum Gasteiger partial charge on any atom is 0.488 e. The minimum atomic E-state index is -1.80. The highest BCUT2D eigenvalue weighted by atomic mass is 35.5. The normalized spacial score (nSPS) is 25.8. The second-order valence-electron chi connectivity index (χ2n) is 14.3. The molecule has 2 aliphatic carbocycles. The fourth-order valence-electron chi connectivity index (χ4n) is 9.29. The van der Waals surface area contributed by atoms with Crippen LogP contribution in [0.25, 0.3) is 6.08 Å². The Kier molecular flexibility index (Phi) is 9.15. The van der Waals surface area contributed by atoms with Crippen LogP contribution in [0.2, 0.25) is 5.02 Å². The molecule has 2 aliphatic heterocycles. The summed E-state index contributed by atoms with van der Waals surface area (Å²) in [6, 6.07) is 25.0. The highest BCUT2D eigenvalue weighted by Gasteiger charge is 2.69. The topological polar surface area (TPSA) is 154 Å². The number of carbonyl (C=O) groups excluding carboxylic acids is 4. The summed E-state index contributed by atoms with van der Waals surface area (Å²) in [5.41, 5.74) is 1.16. The van der Waals surface area contributed by atoms with Crippen LogP contribution in [-0.4, -0.2) is 60.1 Å². The quantitative estimate of drug-likeness (QED) is 0.132. The van der Waals surface area contributed by atoms with E-state index in [-0.39, 0.29) is 41.2 Å². The largest absolute Gasteiger partial charge is 0.502 e. The van der Waals surface area contributed by atoms with Crippen LogP contribution in [-0.2, 0) is 24.6 Å². The summed E-state index contributed by atoms with van der Waals surface area (Å²) in [4.78, 5) is 61.2. The number of halogens is 1. The molecule has 11 nitrogen and oxygen atoms in total. The highest BCUT2D eigenvalue weighted by Crippen LogP contribution is 2.62. The zero-order chi connectivity index (χ0) is 38.8. The molecule has 55 heavy (non-hydrogen) atoms. The van der Waals surface area contributed by atoms with Crippen molar-refractivity contribution in [3.63, 3.8) is 0 Å². The van der Waals surface area contributed by atoms with E-state index < -0.39 is 65.8 Å². The van der Waals surface area contributed by atoms with Crippen molar-refractivity contribution in [2.75, 3.05) is 24.0 Å². The molecule has 6 atom stereocenters. The van der Waals surface area contributed by atoms with Gasteiger partial charge < -0.3 is 24.6 Å². The monoisotopic (exact) mass is 758 g/mol.